The SMILES string of the molecule is Cc1cccc(Cc2ncc3cc(C#CCCC(=O)c4c(C)n(C)n(Cc5ccc(F)c(F)c5)c4=O)ccc3n2)c1. The van der Waals surface area contributed by atoms with Gasteiger partial charge in [0.05, 0.1) is 12.1 Å². The number of carbonyl (C=O) groups is 1. The van der Waals surface area contributed by atoms with Crippen LogP contribution < -0.4 is 5.56 Å². The zero-order valence-electron chi connectivity index (χ0n) is 23.0. The predicted octanol–water partition coefficient (Wildman–Crippen LogP) is 5.68. The molecule has 0 saturated carbocycles. The van der Waals surface area contributed by atoms with E-state index in [0.717, 1.165) is 40.0 Å². The summed E-state index contributed by atoms with van der Waals surface area (Å²) >= 11 is 0. The molecule has 0 aliphatic carbocycles. The van der Waals surface area contributed by atoms with Gasteiger partial charge >= 0.3 is 0 Å². The van der Waals surface area contributed by atoms with Crippen LogP contribution >= 0.6 is 0 Å². The first-order valence-corrected chi connectivity index (χ1v) is 13.2. The molecule has 206 valence electrons. The Balaban J connectivity index is 1.24. The van der Waals surface area contributed by atoms with Crippen molar-refractivity contribution in [3.8, 4) is 11.8 Å². The summed E-state index contributed by atoms with van der Waals surface area (Å²) in [6.45, 7) is 3.76. The summed E-state index contributed by atoms with van der Waals surface area (Å²) in [5.41, 5.74) is 4.52. The molecule has 0 aliphatic rings. The van der Waals surface area contributed by atoms with Crippen molar-refractivity contribution in [2.75, 3.05) is 0 Å². The van der Waals surface area contributed by atoms with Crippen LogP contribution in [-0.2, 0) is 20.0 Å². The Bertz CT molecular complexity index is 1910. The van der Waals surface area contributed by atoms with E-state index in [-0.39, 0.29) is 30.7 Å². The van der Waals surface area contributed by atoms with Crippen LogP contribution in [0.5, 0.6) is 0 Å². The van der Waals surface area contributed by atoms with E-state index in [1.54, 1.807) is 24.9 Å². The van der Waals surface area contributed by atoms with E-state index in [2.05, 4.69) is 46.9 Å². The van der Waals surface area contributed by atoms with Gasteiger partial charge in [0.2, 0.25) is 0 Å². The summed E-state index contributed by atoms with van der Waals surface area (Å²) < 4.78 is 29.8. The largest absolute Gasteiger partial charge is 0.294 e. The number of fused-ring (bicyclic) bond motifs is 1. The van der Waals surface area contributed by atoms with Crippen molar-refractivity contribution in [3.05, 3.63) is 128 Å². The number of hydrogen-bond donors (Lipinski definition) is 0. The number of Topliss-reactive ketones (excluding diaryl/α,β-unsaturated/α-hetero) is 1. The van der Waals surface area contributed by atoms with E-state index in [4.69, 9.17) is 0 Å². The van der Waals surface area contributed by atoms with Crippen LogP contribution in [0.3, 0.4) is 0 Å². The highest BCUT2D eigenvalue weighted by atomic mass is 19.2. The number of benzene rings is 3. The van der Waals surface area contributed by atoms with Crippen molar-refractivity contribution in [1.29, 1.82) is 0 Å². The minimum atomic E-state index is -0.988. The number of hydrogen-bond acceptors (Lipinski definition) is 4. The molecule has 8 heteroatoms. The number of nitrogens with zero attached hydrogens (tertiary/aromatic N) is 4. The average molecular weight is 551 g/mol. The quantitative estimate of drug-likeness (QED) is 0.193. The third-order valence-corrected chi connectivity index (χ3v) is 7.04. The predicted molar refractivity (Wildman–Crippen MR) is 154 cm³/mol. The molecule has 3 aromatic carbocycles. The van der Waals surface area contributed by atoms with Gasteiger partial charge in [-0.2, -0.15) is 0 Å². The first kappa shape index (κ1) is 27.7. The third-order valence-electron chi connectivity index (χ3n) is 7.04. The monoisotopic (exact) mass is 550 g/mol. The van der Waals surface area contributed by atoms with Gasteiger partial charge in [-0.3, -0.25) is 14.3 Å². The van der Waals surface area contributed by atoms with Crippen LogP contribution in [-0.4, -0.2) is 25.1 Å². The summed E-state index contributed by atoms with van der Waals surface area (Å²) in [6.07, 6.45) is 2.81. The summed E-state index contributed by atoms with van der Waals surface area (Å²) in [4.78, 5) is 35.2. The lowest BCUT2D eigenvalue weighted by Gasteiger charge is -2.08. The third kappa shape index (κ3) is 6.15. The van der Waals surface area contributed by atoms with Gasteiger partial charge in [0.25, 0.3) is 5.56 Å². The Hall–Kier alpha value is -4.90. The second kappa shape index (κ2) is 11.7. The van der Waals surface area contributed by atoms with Gasteiger partial charge < -0.3 is 0 Å². The maximum atomic E-state index is 13.6. The summed E-state index contributed by atoms with van der Waals surface area (Å²) in [6, 6.07) is 17.5. The zero-order valence-corrected chi connectivity index (χ0v) is 23.0. The average Bonchev–Trinajstić information content (AvgIpc) is 3.16. The van der Waals surface area contributed by atoms with Crippen LogP contribution in [0.4, 0.5) is 8.78 Å². The number of aryl methyl sites for hydroxylation is 1. The van der Waals surface area contributed by atoms with Crippen LogP contribution in [0.25, 0.3) is 10.9 Å². The van der Waals surface area contributed by atoms with E-state index in [1.165, 1.54) is 16.3 Å². The summed E-state index contributed by atoms with van der Waals surface area (Å²) in [5, 5.41) is 0.877. The normalized spacial score (nSPS) is 11.0. The van der Waals surface area contributed by atoms with Crippen molar-refractivity contribution < 1.29 is 13.6 Å². The van der Waals surface area contributed by atoms with Crippen molar-refractivity contribution in [2.45, 2.75) is 39.7 Å². The highest BCUT2D eigenvalue weighted by Crippen LogP contribution is 2.16. The highest BCUT2D eigenvalue weighted by Gasteiger charge is 2.21. The Labute approximate surface area is 236 Å². The molecular formula is C33H28F2N4O2. The Kier molecular flexibility index (Phi) is 7.88. The molecule has 5 aromatic rings. The lowest BCUT2D eigenvalue weighted by molar-refractivity contribution is 0.0982. The molecule has 0 fully saturated rings. The van der Waals surface area contributed by atoms with Crippen LogP contribution in [0, 0.1) is 37.3 Å². The minimum Gasteiger partial charge on any atom is -0.294 e. The van der Waals surface area contributed by atoms with Crippen LogP contribution in [0.2, 0.25) is 0 Å². The maximum absolute atomic E-state index is 13.6. The van der Waals surface area contributed by atoms with E-state index < -0.39 is 17.2 Å². The molecule has 2 aromatic heterocycles. The second-order valence-corrected chi connectivity index (χ2v) is 10.0. The summed E-state index contributed by atoms with van der Waals surface area (Å²) in [7, 11) is 1.65. The highest BCUT2D eigenvalue weighted by molar-refractivity contribution is 5.97. The van der Waals surface area contributed by atoms with Gasteiger partial charge in [0.1, 0.15) is 11.4 Å². The fourth-order valence-corrected chi connectivity index (χ4v) is 4.78. The van der Waals surface area contributed by atoms with Gasteiger partial charge in [-0.1, -0.05) is 47.7 Å². The van der Waals surface area contributed by atoms with Gasteiger partial charge in [0, 0.05) is 49.2 Å². The Morgan fingerprint density at radius 2 is 1.80 bits per heavy atom. The molecule has 0 unspecified atom stereocenters. The van der Waals surface area contributed by atoms with Gasteiger partial charge in [-0.15, -0.1) is 0 Å². The smallest absolute Gasteiger partial charge is 0.278 e. The number of aromatic nitrogens is 4. The van der Waals surface area contributed by atoms with E-state index in [0.29, 0.717) is 17.7 Å². The van der Waals surface area contributed by atoms with Gasteiger partial charge in [-0.25, -0.2) is 23.4 Å². The molecule has 0 atom stereocenters. The number of rotatable bonds is 7. The maximum Gasteiger partial charge on any atom is 0.278 e. The first-order chi connectivity index (χ1) is 19.7. The first-order valence-electron chi connectivity index (χ1n) is 13.2. The molecule has 6 nitrogen and oxygen atoms in total. The standard InChI is InChI=1S/C33H28F2N4O2/c1-21-7-6-9-24(15-21)18-31-36-19-26-16-23(12-14-29(26)37-31)8-4-5-10-30(40)32-22(2)38(3)39(33(32)41)20-25-11-13-27(34)28(35)17-25/h6-7,9,11-17,19H,5,10,18,20H2,1-3H3. The van der Waals surface area contributed by atoms with Crippen LogP contribution in [0.1, 0.15) is 57.0 Å². The molecule has 0 amide bonds. The van der Waals surface area contributed by atoms with E-state index in [1.807, 2.05) is 24.3 Å². The molecule has 41 heavy (non-hydrogen) atoms. The Morgan fingerprint density at radius 3 is 2.59 bits per heavy atom. The number of halogens is 2. The molecule has 5 rings (SSSR count). The fourth-order valence-electron chi connectivity index (χ4n) is 4.78. The minimum absolute atomic E-state index is 0.0134. The van der Waals surface area contributed by atoms with Crippen molar-refractivity contribution in [2.24, 2.45) is 7.05 Å². The second-order valence-electron chi connectivity index (χ2n) is 10.0. The number of carbonyl (C=O) groups excluding carboxylic acids is 1. The lowest BCUT2D eigenvalue weighted by Crippen LogP contribution is -2.25. The molecule has 0 aliphatic heterocycles. The Morgan fingerprint density at radius 1 is 0.976 bits per heavy atom. The topological polar surface area (TPSA) is 69.8 Å². The van der Waals surface area contributed by atoms with Crippen molar-refractivity contribution in [3.63, 3.8) is 0 Å². The molecule has 0 N–H and O–H groups in total. The van der Waals surface area contributed by atoms with Crippen LogP contribution in [0.15, 0.2) is 71.7 Å². The van der Waals surface area contributed by atoms with Gasteiger partial charge in [-0.05, 0) is 55.3 Å². The zero-order chi connectivity index (χ0) is 29.1. The summed E-state index contributed by atoms with van der Waals surface area (Å²) in [5.74, 6) is 4.60. The van der Waals surface area contributed by atoms with E-state index >= 15 is 0 Å². The molecule has 0 radical (unpaired) electrons. The van der Waals surface area contributed by atoms with E-state index in [9.17, 15) is 18.4 Å². The number of ketones is 1. The van der Waals surface area contributed by atoms with Crippen molar-refractivity contribution in [1.82, 2.24) is 19.3 Å². The molecule has 2 heterocycles. The van der Waals surface area contributed by atoms with Gasteiger partial charge in [0.15, 0.2) is 17.4 Å². The lowest BCUT2D eigenvalue weighted by atomic mass is 10.1. The molecule has 0 bridgehead atoms. The van der Waals surface area contributed by atoms with Crippen molar-refractivity contribution >= 4 is 16.7 Å². The molecular weight excluding hydrogens is 522 g/mol. The fraction of sp³-hybridized carbons (Fsp3) is 0.212. The molecule has 0 saturated heterocycles. The molecule has 0 spiro atoms.